The number of thiophene rings is 1. The number of nitrogens with zero attached hydrogens (tertiary/aromatic N) is 2. The van der Waals surface area contributed by atoms with E-state index < -0.39 is 0 Å². The SMILES string of the molecule is Clc1ccc(CSc2nc(Nc3ccccc3)n[nH]2)s1. The molecule has 0 amide bonds. The van der Waals surface area contributed by atoms with Gasteiger partial charge in [0.05, 0.1) is 4.34 Å². The zero-order chi connectivity index (χ0) is 13.8. The highest BCUT2D eigenvalue weighted by atomic mass is 35.5. The third-order valence-electron chi connectivity index (χ3n) is 2.47. The summed E-state index contributed by atoms with van der Waals surface area (Å²) in [5.41, 5.74) is 0.966. The van der Waals surface area contributed by atoms with Gasteiger partial charge in [0.1, 0.15) is 0 Å². The Kier molecular flexibility index (Phi) is 4.25. The number of aromatic nitrogens is 3. The van der Waals surface area contributed by atoms with Crippen LogP contribution in [0.3, 0.4) is 0 Å². The zero-order valence-electron chi connectivity index (χ0n) is 10.3. The van der Waals surface area contributed by atoms with E-state index >= 15 is 0 Å². The number of para-hydroxylation sites is 1. The minimum atomic E-state index is 0.572. The first-order valence-electron chi connectivity index (χ1n) is 5.91. The summed E-state index contributed by atoms with van der Waals surface area (Å²) < 4.78 is 0.810. The molecule has 0 radical (unpaired) electrons. The molecule has 0 aliphatic heterocycles. The van der Waals surface area contributed by atoms with Crippen LogP contribution >= 0.6 is 34.7 Å². The number of aromatic amines is 1. The molecule has 7 heteroatoms. The second-order valence-corrected chi connectivity index (χ2v) is 6.71. The van der Waals surface area contributed by atoms with Gasteiger partial charge in [-0.3, -0.25) is 5.10 Å². The third-order valence-corrected chi connectivity index (χ3v) is 4.80. The summed E-state index contributed by atoms with van der Waals surface area (Å²) in [7, 11) is 0. The van der Waals surface area contributed by atoms with Gasteiger partial charge < -0.3 is 5.32 Å². The lowest BCUT2D eigenvalue weighted by molar-refractivity contribution is 0.973. The largest absolute Gasteiger partial charge is 0.323 e. The molecule has 0 aliphatic carbocycles. The Bertz CT molecular complexity index is 681. The first-order chi connectivity index (χ1) is 9.79. The lowest BCUT2D eigenvalue weighted by Crippen LogP contribution is -1.91. The van der Waals surface area contributed by atoms with Crippen LogP contribution in [0.4, 0.5) is 11.6 Å². The number of hydrogen-bond acceptors (Lipinski definition) is 5. The molecule has 0 saturated carbocycles. The number of H-pyrrole nitrogens is 1. The summed E-state index contributed by atoms with van der Waals surface area (Å²) >= 11 is 9.08. The first-order valence-corrected chi connectivity index (χ1v) is 8.09. The molecule has 0 saturated heterocycles. The number of halogens is 1. The molecule has 0 atom stereocenters. The van der Waals surface area contributed by atoms with Crippen molar-refractivity contribution in [3.63, 3.8) is 0 Å². The fourth-order valence-electron chi connectivity index (χ4n) is 1.59. The molecule has 3 rings (SSSR count). The molecule has 0 spiro atoms. The maximum atomic E-state index is 5.90. The van der Waals surface area contributed by atoms with Gasteiger partial charge in [-0.1, -0.05) is 41.6 Å². The van der Waals surface area contributed by atoms with E-state index in [9.17, 15) is 0 Å². The molecule has 102 valence electrons. The van der Waals surface area contributed by atoms with Crippen LogP contribution in [0.1, 0.15) is 4.88 Å². The minimum Gasteiger partial charge on any atom is -0.323 e. The van der Waals surface area contributed by atoms with E-state index in [0.29, 0.717) is 5.95 Å². The zero-order valence-corrected chi connectivity index (χ0v) is 12.7. The monoisotopic (exact) mass is 322 g/mol. The number of thioether (sulfide) groups is 1. The van der Waals surface area contributed by atoms with E-state index in [4.69, 9.17) is 11.6 Å². The Balaban J connectivity index is 1.59. The number of hydrogen-bond donors (Lipinski definition) is 2. The molecule has 2 heterocycles. The van der Waals surface area contributed by atoms with E-state index in [0.717, 1.165) is 20.9 Å². The van der Waals surface area contributed by atoms with E-state index in [2.05, 4.69) is 20.5 Å². The summed E-state index contributed by atoms with van der Waals surface area (Å²) in [5, 5.41) is 11.0. The van der Waals surface area contributed by atoms with Crippen LogP contribution in [0.5, 0.6) is 0 Å². The lowest BCUT2D eigenvalue weighted by atomic mass is 10.3. The van der Waals surface area contributed by atoms with Gasteiger partial charge in [0.25, 0.3) is 0 Å². The van der Waals surface area contributed by atoms with Crippen molar-refractivity contribution in [1.82, 2.24) is 15.2 Å². The lowest BCUT2D eigenvalue weighted by Gasteiger charge is -1.99. The Labute approximate surface area is 129 Å². The molecule has 0 aliphatic rings. The highest BCUT2D eigenvalue weighted by Gasteiger charge is 2.05. The van der Waals surface area contributed by atoms with E-state index in [1.807, 2.05) is 42.5 Å². The Morgan fingerprint density at radius 2 is 2.05 bits per heavy atom. The summed E-state index contributed by atoms with van der Waals surface area (Å²) in [6, 6.07) is 13.8. The smallest absolute Gasteiger partial charge is 0.247 e. The predicted octanol–water partition coefficient (Wildman–Crippen LogP) is 4.56. The molecule has 1 aromatic carbocycles. The molecule has 2 aromatic heterocycles. The normalized spacial score (nSPS) is 10.7. The van der Waals surface area contributed by atoms with Gasteiger partial charge in [-0.15, -0.1) is 16.4 Å². The van der Waals surface area contributed by atoms with E-state index in [-0.39, 0.29) is 0 Å². The van der Waals surface area contributed by atoms with Crippen LogP contribution in [0.15, 0.2) is 47.6 Å². The van der Waals surface area contributed by atoms with Crippen LogP contribution in [-0.4, -0.2) is 15.2 Å². The number of nitrogens with one attached hydrogen (secondary N) is 2. The summed E-state index contributed by atoms with van der Waals surface area (Å²) in [6.07, 6.45) is 0. The van der Waals surface area contributed by atoms with Crippen LogP contribution in [-0.2, 0) is 5.75 Å². The number of benzene rings is 1. The summed E-state index contributed by atoms with van der Waals surface area (Å²) in [5.74, 6) is 1.40. The summed E-state index contributed by atoms with van der Waals surface area (Å²) in [4.78, 5) is 5.60. The second kappa shape index (κ2) is 6.30. The van der Waals surface area contributed by atoms with Gasteiger partial charge in [-0.25, -0.2) is 0 Å². The van der Waals surface area contributed by atoms with Crippen molar-refractivity contribution < 1.29 is 0 Å². The van der Waals surface area contributed by atoms with Crippen molar-refractivity contribution in [3.05, 3.63) is 51.7 Å². The molecule has 4 nitrogen and oxygen atoms in total. The molecule has 0 unspecified atom stereocenters. The van der Waals surface area contributed by atoms with Gasteiger partial charge in [0.15, 0.2) is 5.16 Å². The van der Waals surface area contributed by atoms with Crippen LogP contribution in [0.2, 0.25) is 4.34 Å². The quantitative estimate of drug-likeness (QED) is 0.676. The highest BCUT2D eigenvalue weighted by Crippen LogP contribution is 2.27. The molecule has 0 fully saturated rings. The van der Waals surface area contributed by atoms with E-state index in [1.165, 1.54) is 4.88 Å². The number of anilines is 2. The second-order valence-electron chi connectivity index (χ2n) is 3.95. The predicted molar refractivity (Wildman–Crippen MR) is 85.0 cm³/mol. The molecular formula is C13H11ClN4S2. The van der Waals surface area contributed by atoms with Crippen LogP contribution in [0.25, 0.3) is 0 Å². The minimum absolute atomic E-state index is 0.572. The van der Waals surface area contributed by atoms with Gasteiger partial charge in [0, 0.05) is 16.3 Å². The Hall–Kier alpha value is -1.50. The Morgan fingerprint density at radius 1 is 1.20 bits per heavy atom. The van der Waals surface area contributed by atoms with Crippen LogP contribution < -0.4 is 5.32 Å². The number of rotatable bonds is 5. The highest BCUT2D eigenvalue weighted by molar-refractivity contribution is 7.98. The molecule has 2 N–H and O–H groups in total. The third kappa shape index (κ3) is 3.53. The van der Waals surface area contributed by atoms with Gasteiger partial charge >= 0.3 is 0 Å². The van der Waals surface area contributed by atoms with Crippen molar-refractivity contribution in [2.75, 3.05) is 5.32 Å². The van der Waals surface area contributed by atoms with Crippen molar-refractivity contribution in [2.45, 2.75) is 10.9 Å². The Morgan fingerprint density at radius 3 is 2.80 bits per heavy atom. The van der Waals surface area contributed by atoms with Crippen molar-refractivity contribution in [1.29, 1.82) is 0 Å². The molecule has 20 heavy (non-hydrogen) atoms. The van der Waals surface area contributed by atoms with Crippen molar-refractivity contribution >= 4 is 46.3 Å². The topological polar surface area (TPSA) is 53.6 Å². The summed E-state index contributed by atoms with van der Waals surface area (Å²) in [6.45, 7) is 0. The molecule has 3 aromatic rings. The van der Waals surface area contributed by atoms with Crippen molar-refractivity contribution in [3.8, 4) is 0 Å². The van der Waals surface area contributed by atoms with E-state index in [1.54, 1.807) is 23.1 Å². The fraction of sp³-hybridized carbons (Fsp3) is 0.0769. The first kappa shape index (κ1) is 13.5. The van der Waals surface area contributed by atoms with Crippen molar-refractivity contribution in [2.24, 2.45) is 0 Å². The average molecular weight is 323 g/mol. The van der Waals surface area contributed by atoms with Gasteiger partial charge in [-0.05, 0) is 24.3 Å². The standard InChI is InChI=1S/C13H11ClN4S2/c14-11-7-6-10(20-11)8-19-13-16-12(17-18-13)15-9-4-2-1-3-5-9/h1-7H,8H2,(H2,15,16,17,18). The molecular weight excluding hydrogens is 312 g/mol. The average Bonchev–Trinajstić information content (AvgIpc) is 3.07. The van der Waals surface area contributed by atoms with Crippen LogP contribution in [0, 0.1) is 0 Å². The van der Waals surface area contributed by atoms with Gasteiger partial charge in [0.2, 0.25) is 5.95 Å². The molecule has 0 bridgehead atoms. The maximum Gasteiger partial charge on any atom is 0.247 e. The van der Waals surface area contributed by atoms with Gasteiger partial charge in [-0.2, -0.15) is 4.98 Å². The maximum absolute atomic E-state index is 5.90. The fourth-order valence-corrected chi connectivity index (χ4v) is 3.52.